The number of hydrogen-bond acceptors (Lipinski definition) is 3. The molecule has 0 aliphatic carbocycles. The highest BCUT2D eigenvalue weighted by Gasteiger charge is 2.45. The number of carbonyl (C=O) groups is 1. The van der Waals surface area contributed by atoms with Crippen molar-refractivity contribution in [3.63, 3.8) is 0 Å². The Morgan fingerprint density at radius 3 is 2.85 bits per heavy atom. The zero-order valence-electron chi connectivity index (χ0n) is 15.5. The van der Waals surface area contributed by atoms with Crippen molar-refractivity contribution in [1.29, 1.82) is 0 Å². The summed E-state index contributed by atoms with van der Waals surface area (Å²) in [6.07, 6.45) is 5.71. The van der Waals surface area contributed by atoms with Crippen molar-refractivity contribution in [3.05, 3.63) is 34.9 Å². The van der Waals surface area contributed by atoms with E-state index in [4.69, 9.17) is 11.6 Å². The van der Waals surface area contributed by atoms with Crippen molar-refractivity contribution in [2.24, 2.45) is 11.8 Å². The van der Waals surface area contributed by atoms with Crippen LogP contribution in [-0.4, -0.2) is 49.1 Å². The van der Waals surface area contributed by atoms with E-state index in [9.17, 15) is 4.79 Å². The van der Waals surface area contributed by atoms with E-state index in [0.717, 1.165) is 24.6 Å². The van der Waals surface area contributed by atoms with Gasteiger partial charge in [-0.3, -0.25) is 9.69 Å². The van der Waals surface area contributed by atoms with Crippen LogP contribution in [0.2, 0.25) is 5.02 Å². The first kappa shape index (κ1) is 22.8. The fourth-order valence-corrected chi connectivity index (χ4v) is 5.37. The molecular weight excluding hydrogens is 405 g/mol. The van der Waals surface area contributed by atoms with E-state index in [2.05, 4.69) is 15.5 Å². The lowest BCUT2D eigenvalue weighted by molar-refractivity contribution is -0.121. The van der Waals surface area contributed by atoms with Crippen molar-refractivity contribution in [1.82, 2.24) is 15.5 Å². The first-order valence-corrected chi connectivity index (χ1v) is 10.1. The molecule has 3 fully saturated rings. The standard InChI is InChI=1S/C20H28ClN3O.2ClH/c21-17-5-3-4-14(8-17)9-20(25)23-13-19-16-10-15(11-22-12-16)18-6-1-2-7-24(18)19;;/h3-5,8,15-16,18-19,22H,1-2,6-7,9-13H2,(H,23,25);2*1H/t15-,16+,18+,19+;;/m1../s1. The molecule has 3 saturated heterocycles. The molecule has 0 radical (unpaired) electrons. The van der Waals surface area contributed by atoms with Crippen LogP contribution in [0, 0.1) is 11.8 Å². The van der Waals surface area contributed by atoms with Crippen molar-refractivity contribution >= 4 is 42.3 Å². The predicted octanol–water partition coefficient (Wildman–Crippen LogP) is 3.30. The maximum Gasteiger partial charge on any atom is 0.224 e. The van der Waals surface area contributed by atoms with Crippen LogP contribution in [-0.2, 0) is 11.2 Å². The summed E-state index contributed by atoms with van der Waals surface area (Å²) in [6.45, 7) is 4.24. The fourth-order valence-electron chi connectivity index (χ4n) is 5.16. The lowest BCUT2D eigenvalue weighted by atomic mass is 9.73. The molecule has 1 aromatic carbocycles. The second-order valence-corrected chi connectivity index (χ2v) is 8.33. The van der Waals surface area contributed by atoms with Gasteiger partial charge in [-0.05, 0) is 68.4 Å². The normalized spacial score (nSPS) is 29.7. The monoisotopic (exact) mass is 433 g/mol. The summed E-state index contributed by atoms with van der Waals surface area (Å²) in [6, 6.07) is 8.78. The molecule has 0 spiro atoms. The largest absolute Gasteiger partial charge is 0.354 e. The van der Waals surface area contributed by atoms with E-state index in [0.29, 0.717) is 29.4 Å². The lowest BCUT2D eigenvalue weighted by Gasteiger charge is -2.55. The van der Waals surface area contributed by atoms with Crippen LogP contribution in [0.1, 0.15) is 31.2 Å². The maximum atomic E-state index is 12.4. The number of rotatable bonds is 4. The van der Waals surface area contributed by atoms with Crippen LogP contribution in [0.4, 0.5) is 0 Å². The minimum atomic E-state index is 0. The first-order valence-electron chi connectivity index (χ1n) is 9.68. The minimum absolute atomic E-state index is 0. The highest BCUT2D eigenvalue weighted by Crippen LogP contribution is 2.38. The summed E-state index contributed by atoms with van der Waals surface area (Å²) in [5.74, 6) is 1.57. The summed E-state index contributed by atoms with van der Waals surface area (Å²) in [7, 11) is 0. The second kappa shape index (κ2) is 10.3. The van der Waals surface area contributed by atoms with E-state index in [1.165, 1.54) is 38.8 Å². The number of fused-ring (bicyclic) bond motifs is 4. The molecule has 2 bridgehead atoms. The number of hydrogen-bond donors (Lipinski definition) is 2. The number of halogens is 3. The van der Waals surface area contributed by atoms with Gasteiger partial charge in [0.2, 0.25) is 5.91 Å². The Hall–Kier alpha value is -0.520. The lowest BCUT2D eigenvalue weighted by Crippen LogP contribution is -2.65. The van der Waals surface area contributed by atoms with Gasteiger partial charge in [0.1, 0.15) is 0 Å². The number of nitrogens with zero attached hydrogens (tertiary/aromatic N) is 1. The Kier molecular flexibility index (Phi) is 8.70. The van der Waals surface area contributed by atoms with Gasteiger partial charge in [0.15, 0.2) is 0 Å². The molecule has 4 rings (SSSR count). The van der Waals surface area contributed by atoms with E-state index in [-0.39, 0.29) is 30.7 Å². The average Bonchev–Trinajstić information content (AvgIpc) is 2.62. The van der Waals surface area contributed by atoms with E-state index < -0.39 is 0 Å². The van der Waals surface area contributed by atoms with Gasteiger partial charge in [0.25, 0.3) is 0 Å². The van der Waals surface area contributed by atoms with Gasteiger partial charge in [-0.25, -0.2) is 0 Å². The molecule has 1 aromatic rings. The summed E-state index contributed by atoms with van der Waals surface area (Å²) in [5, 5.41) is 7.52. The third-order valence-electron chi connectivity index (χ3n) is 6.29. The number of amides is 1. The van der Waals surface area contributed by atoms with Gasteiger partial charge in [0.05, 0.1) is 6.42 Å². The van der Waals surface area contributed by atoms with Crippen molar-refractivity contribution < 1.29 is 4.79 Å². The molecule has 152 valence electrons. The number of nitrogens with one attached hydrogen (secondary N) is 2. The number of carbonyl (C=O) groups excluding carboxylic acids is 1. The molecule has 7 heteroatoms. The van der Waals surface area contributed by atoms with Crippen LogP contribution in [0.25, 0.3) is 0 Å². The fraction of sp³-hybridized carbons (Fsp3) is 0.650. The van der Waals surface area contributed by atoms with Crippen molar-refractivity contribution in [3.8, 4) is 0 Å². The average molecular weight is 435 g/mol. The molecule has 1 amide bonds. The van der Waals surface area contributed by atoms with Crippen molar-refractivity contribution in [2.75, 3.05) is 26.2 Å². The molecule has 4 nitrogen and oxygen atoms in total. The minimum Gasteiger partial charge on any atom is -0.354 e. The molecule has 2 N–H and O–H groups in total. The highest BCUT2D eigenvalue weighted by molar-refractivity contribution is 6.30. The van der Waals surface area contributed by atoms with Gasteiger partial charge in [0, 0.05) is 23.7 Å². The van der Waals surface area contributed by atoms with E-state index >= 15 is 0 Å². The number of piperidine rings is 3. The van der Waals surface area contributed by atoms with Crippen LogP contribution >= 0.6 is 36.4 Å². The molecule has 0 aromatic heterocycles. The summed E-state index contributed by atoms with van der Waals surface area (Å²) >= 11 is 6.02. The van der Waals surface area contributed by atoms with Gasteiger partial charge < -0.3 is 10.6 Å². The van der Waals surface area contributed by atoms with Gasteiger partial charge in [-0.2, -0.15) is 0 Å². The van der Waals surface area contributed by atoms with Gasteiger partial charge in [-0.1, -0.05) is 30.2 Å². The van der Waals surface area contributed by atoms with E-state index in [1.807, 2.05) is 24.3 Å². The Bertz CT molecular complexity index is 630. The zero-order chi connectivity index (χ0) is 17.2. The second-order valence-electron chi connectivity index (χ2n) is 7.89. The Balaban J connectivity index is 0.00000131. The van der Waals surface area contributed by atoms with Crippen LogP contribution < -0.4 is 10.6 Å². The Labute approximate surface area is 179 Å². The summed E-state index contributed by atoms with van der Waals surface area (Å²) in [4.78, 5) is 15.1. The predicted molar refractivity (Wildman–Crippen MR) is 115 cm³/mol. The van der Waals surface area contributed by atoms with Gasteiger partial charge >= 0.3 is 0 Å². The quantitative estimate of drug-likeness (QED) is 0.764. The molecule has 3 heterocycles. The SMILES string of the molecule is Cl.Cl.O=C(Cc1cccc(Cl)c1)NC[C@H]1[C@@H]2CNC[C@@H](C2)[C@@H]2CCCCN21. The Morgan fingerprint density at radius 1 is 1.22 bits per heavy atom. The van der Waals surface area contributed by atoms with Crippen molar-refractivity contribution in [2.45, 2.75) is 44.2 Å². The molecule has 3 aliphatic heterocycles. The number of benzene rings is 1. The van der Waals surface area contributed by atoms with Crippen LogP contribution in [0.5, 0.6) is 0 Å². The van der Waals surface area contributed by atoms with Crippen LogP contribution in [0.15, 0.2) is 24.3 Å². The zero-order valence-corrected chi connectivity index (χ0v) is 17.9. The molecule has 27 heavy (non-hydrogen) atoms. The third kappa shape index (κ3) is 5.30. The Morgan fingerprint density at radius 2 is 2.04 bits per heavy atom. The first-order chi connectivity index (χ1) is 12.2. The molecule has 0 saturated carbocycles. The third-order valence-corrected chi connectivity index (χ3v) is 6.52. The smallest absolute Gasteiger partial charge is 0.224 e. The topological polar surface area (TPSA) is 44.4 Å². The van der Waals surface area contributed by atoms with Crippen LogP contribution in [0.3, 0.4) is 0 Å². The molecule has 0 unspecified atom stereocenters. The molecule has 3 aliphatic rings. The highest BCUT2D eigenvalue weighted by atomic mass is 35.5. The van der Waals surface area contributed by atoms with E-state index in [1.54, 1.807) is 0 Å². The summed E-state index contributed by atoms with van der Waals surface area (Å²) in [5.41, 5.74) is 0.976. The molecule has 4 atom stereocenters. The summed E-state index contributed by atoms with van der Waals surface area (Å²) < 4.78 is 0. The van der Waals surface area contributed by atoms with Gasteiger partial charge in [-0.15, -0.1) is 24.8 Å². The molecular formula is C20H30Cl3N3O. The maximum absolute atomic E-state index is 12.4.